The van der Waals surface area contributed by atoms with E-state index in [4.69, 9.17) is 9.84 Å². The summed E-state index contributed by atoms with van der Waals surface area (Å²) >= 11 is 0. The highest BCUT2D eigenvalue weighted by molar-refractivity contribution is 5.83. The van der Waals surface area contributed by atoms with Crippen molar-refractivity contribution >= 4 is 12.0 Å². The summed E-state index contributed by atoms with van der Waals surface area (Å²) in [4.78, 5) is 26.5. The molecule has 2 unspecified atom stereocenters. The molecular weight excluding hydrogens is 264 g/mol. The molecule has 2 aliphatic heterocycles. The molecule has 2 aliphatic rings. The molecule has 2 rings (SSSR count). The summed E-state index contributed by atoms with van der Waals surface area (Å²) in [5, 5.41) is 18.7. The SMILES string of the molecule is COC1CN(C(=O)N2C[C@H](O)C[C@@H]2C(=O)O)CCC1C. The monoisotopic (exact) mass is 286 g/mol. The Labute approximate surface area is 118 Å². The predicted octanol–water partition coefficient (Wildman–Crippen LogP) is -0.0170. The van der Waals surface area contributed by atoms with Crippen LogP contribution < -0.4 is 0 Å². The number of rotatable bonds is 2. The highest BCUT2D eigenvalue weighted by atomic mass is 16.5. The van der Waals surface area contributed by atoms with Crippen LogP contribution in [0.3, 0.4) is 0 Å². The number of aliphatic carboxylic acids is 1. The molecule has 4 atom stereocenters. The first-order chi connectivity index (χ1) is 9.43. The van der Waals surface area contributed by atoms with Crippen LogP contribution in [0.15, 0.2) is 0 Å². The number of nitrogens with zero attached hydrogens (tertiary/aromatic N) is 2. The zero-order valence-corrected chi connectivity index (χ0v) is 11.9. The van der Waals surface area contributed by atoms with Crippen molar-refractivity contribution in [2.75, 3.05) is 26.7 Å². The van der Waals surface area contributed by atoms with E-state index >= 15 is 0 Å². The van der Waals surface area contributed by atoms with Crippen molar-refractivity contribution < 1.29 is 24.5 Å². The number of hydrogen-bond donors (Lipinski definition) is 2. The number of likely N-dealkylation sites (tertiary alicyclic amines) is 2. The first kappa shape index (κ1) is 15.1. The standard InChI is InChI=1S/C13H22N2O5/c1-8-3-4-14(7-11(8)20-2)13(19)15-6-9(16)5-10(15)12(17)18/h8-11,16H,3-7H2,1-2H3,(H,17,18)/t8?,9-,10-,11?/m1/s1. The fraction of sp³-hybridized carbons (Fsp3) is 0.846. The fourth-order valence-corrected chi connectivity index (χ4v) is 2.96. The van der Waals surface area contributed by atoms with Crippen molar-refractivity contribution in [1.29, 1.82) is 0 Å². The van der Waals surface area contributed by atoms with Crippen LogP contribution in [0.2, 0.25) is 0 Å². The molecule has 20 heavy (non-hydrogen) atoms. The van der Waals surface area contributed by atoms with Gasteiger partial charge in [0.05, 0.1) is 12.2 Å². The number of β-amino-alcohol motifs (C(OH)–C–C–N with tert-alkyl or cyclic N) is 1. The Kier molecular flexibility index (Phi) is 4.49. The largest absolute Gasteiger partial charge is 0.480 e. The molecule has 0 aromatic rings. The molecule has 7 nitrogen and oxygen atoms in total. The lowest BCUT2D eigenvalue weighted by molar-refractivity contribution is -0.141. The second kappa shape index (κ2) is 5.97. The third-order valence-corrected chi connectivity index (χ3v) is 4.27. The van der Waals surface area contributed by atoms with E-state index < -0.39 is 18.1 Å². The Morgan fingerprint density at radius 2 is 2.00 bits per heavy atom. The summed E-state index contributed by atoms with van der Waals surface area (Å²) in [6.45, 7) is 3.23. The Hall–Kier alpha value is -1.34. The molecule has 2 saturated heterocycles. The van der Waals surface area contributed by atoms with Crippen molar-refractivity contribution in [1.82, 2.24) is 9.80 Å². The smallest absolute Gasteiger partial charge is 0.326 e. The summed E-state index contributed by atoms with van der Waals surface area (Å²) in [7, 11) is 1.62. The number of piperidine rings is 1. The first-order valence-corrected chi connectivity index (χ1v) is 6.93. The molecule has 114 valence electrons. The van der Waals surface area contributed by atoms with Gasteiger partial charge in [-0.3, -0.25) is 0 Å². The van der Waals surface area contributed by atoms with Crippen molar-refractivity contribution in [3.8, 4) is 0 Å². The number of aliphatic hydroxyl groups is 1. The maximum Gasteiger partial charge on any atom is 0.326 e. The first-order valence-electron chi connectivity index (χ1n) is 6.93. The molecule has 2 fully saturated rings. The van der Waals surface area contributed by atoms with E-state index in [2.05, 4.69) is 6.92 Å². The second-order valence-corrected chi connectivity index (χ2v) is 5.66. The number of carboxylic acids is 1. The molecule has 2 amide bonds. The molecule has 2 heterocycles. The van der Waals surface area contributed by atoms with E-state index in [9.17, 15) is 14.7 Å². The number of amides is 2. The number of hydrogen-bond acceptors (Lipinski definition) is 4. The molecule has 0 bridgehead atoms. The van der Waals surface area contributed by atoms with Crippen molar-refractivity contribution in [3.05, 3.63) is 0 Å². The van der Waals surface area contributed by atoms with E-state index in [0.29, 0.717) is 19.0 Å². The number of carbonyl (C=O) groups excluding carboxylic acids is 1. The van der Waals surface area contributed by atoms with Gasteiger partial charge in [-0.15, -0.1) is 0 Å². The maximum atomic E-state index is 12.5. The van der Waals surface area contributed by atoms with Gasteiger partial charge >= 0.3 is 12.0 Å². The third-order valence-electron chi connectivity index (χ3n) is 4.27. The lowest BCUT2D eigenvalue weighted by Crippen LogP contribution is -2.53. The van der Waals surface area contributed by atoms with Gasteiger partial charge in [0, 0.05) is 33.2 Å². The minimum Gasteiger partial charge on any atom is -0.480 e. The Morgan fingerprint density at radius 1 is 1.30 bits per heavy atom. The topological polar surface area (TPSA) is 90.3 Å². The lowest BCUT2D eigenvalue weighted by Gasteiger charge is -2.38. The van der Waals surface area contributed by atoms with Gasteiger partial charge < -0.3 is 24.7 Å². The summed E-state index contributed by atoms with van der Waals surface area (Å²) < 4.78 is 5.36. The van der Waals surface area contributed by atoms with Crippen LogP contribution in [0.25, 0.3) is 0 Å². The van der Waals surface area contributed by atoms with Gasteiger partial charge in [-0.05, 0) is 12.3 Å². The molecule has 0 radical (unpaired) electrons. The number of methoxy groups -OCH3 is 1. The van der Waals surface area contributed by atoms with E-state index in [1.807, 2.05) is 0 Å². The normalized spacial score (nSPS) is 34.4. The number of urea groups is 1. The Bertz CT molecular complexity index is 389. The van der Waals surface area contributed by atoms with Gasteiger partial charge in [0.25, 0.3) is 0 Å². The quantitative estimate of drug-likeness (QED) is 0.744. The zero-order chi connectivity index (χ0) is 14.9. The van der Waals surface area contributed by atoms with E-state index in [0.717, 1.165) is 6.42 Å². The number of aliphatic hydroxyl groups excluding tert-OH is 1. The number of ether oxygens (including phenoxy) is 1. The van der Waals surface area contributed by atoms with Gasteiger partial charge in [-0.2, -0.15) is 0 Å². The fourth-order valence-electron chi connectivity index (χ4n) is 2.96. The summed E-state index contributed by atoms with van der Waals surface area (Å²) in [6, 6.07) is -1.25. The summed E-state index contributed by atoms with van der Waals surface area (Å²) in [6.07, 6.45) is 0.141. The van der Waals surface area contributed by atoms with Crippen molar-refractivity contribution in [2.45, 2.75) is 38.0 Å². The van der Waals surface area contributed by atoms with Crippen molar-refractivity contribution in [2.24, 2.45) is 5.92 Å². The van der Waals surface area contributed by atoms with Gasteiger partial charge in [-0.25, -0.2) is 9.59 Å². The number of carbonyl (C=O) groups is 2. The zero-order valence-electron chi connectivity index (χ0n) is 11.9. The molecule has 2 N–H and O–H groups in total. The summed E-state index contributed by atoms with van der Waals surface area (Å²) in [5.74, 6) is -0.688. The number of carboxylic acid groups (broad SMARTS) is 1. The highest BCUT2D eigenvalue weighted by Crippen LogP contribution is 2.24. The van der Waals surface area contributed by atoms with E-state index in [-0.39, 0.29) is 25.1 Å². The average molecular weight is 286 g/mol. The van der Waals surface area contributed by atoms with Gasteiger partial charge in [-0.1, -0.05) is 6.92 Å². The molecule has 0 aromatic heterocycles. The summed E-state index contributed by atoms with van der Waals surface area (Å²) in [5.41, 5.74) is 0. The van der Waals surface area contributed by atoms with Crippen molar-refractivity contribution in [3.63, 3.8) is 0 Å². The predicted molar refractivity (Wildman–Crippen MR) is 70.3 cm³/mol. The highest BCUT2D eigenvalue weighted by Gasteiger charge is 2.42. The molecule has 0 aromatic carbocycles. The molecular formula is C13H22N2O5. The minimum absolute atomic E-state index is 0.0245. The van der Waals surface area contributed by atoms with Crippen LogP contribution in [0.5, 0.6) is 0 Å². The van der Waals surface area contributed by atoms with Crippen LogP contribution in [-0.4, -0.2) is 77.0 Å². The van der Waals surface area contributed by atoms with E-state index in [1.165, 1.54) is 4.90 Å². The van der Waals surface area contributed by atoms with Crippen LogP contribution in [0.4, 0.5) is 4.79 Å². The lowest BCUT2D eigenvalue weighted by atomic mass is 9.96. The second-order valence-electron chi connectivity index (χ2n) is 5.66. The van der Waals surface area contributed by atoms with Crippen LogP contribution in [0.1, 0.15) is 19.8 Å². The van der Waals surface area contributed by atoms with Gasteiger partial charge in [0.1, 0.15) is 6.04 Å². The molecule has 0 aliphatic carbocycles. The van der Waals surface area contributed by atoms with Crippen LogP contribution in [-0.2, 0) is 9.53 Å². The third kappa shape index (κ3) is 2.88. The van der Waals surface area contributed by atoms with Crippen LogP contribution >= 0.6 is 0 Å². The van der Waals surface area contributed by atoms with Crippen LogP contribution in [0, 0.1) is 5.92 Å². The maximum absolute atomic E-state index is 12.5. The Balaban J connectivity index is 2.05. The van der Waals surface area contributed by atoms with E-state index in [1.54, 1.807) is 12.0 Å². The Morgan fingerprint density at radius 3 is 2.60 bits per heavy atom. The van der Waals surface area contributed by atoms with Gasteiger partial charge in [0.15, 0.2) is 0 Å². The average Bonchev–Trinajstić information content (AvgIpc) is 2.81. The molecule has 7 heteroatoms. The molecule has 0 spiro atoms. The molecule has 0 saturated carbocycles. The minimum atomic E-state index is -1.07. The van der Waals surface area contributed by atoms with Gasteiger partial charge in [0.2, 0.25) is 0 Å².